The number of anilines is 1. The molecule has 0 spiro atoms. The Kier molecular flexibility index (Phi) is 5.03. The van der Waals surface area contributed by atoms with E-state index in [0.29, 0.717) is 4.99 Å². The molecule has 0 aliphatic carbocycles. The number of aryl methyl sites for hydroxylation is 1. The first kappa shape index (κ1) is 18.1. The van der Waals surface area contributed by atoms with Crippen molar-refractivity contribution in [1.29, 1.82) is 0 Å². The molecule has 1 N–H and O–H groups in total. The minimum absolute atomic E-state index is 0.0227. The molecule has 0 atom stereocenters. The van der Waals surface area contributed by atoms with Crippen molar-refractivity contribution in [2.75, 3.05) is 5.32 Å². The summed E-state index contributed by atoms with van der Waals surface area (Å²) in [6.07, 6.45) is -4.50. The standard InChI is InChI=1S/C18H14F3N3OS/c1-11-3-2-4-14(9-11)22-16(26)13-7-5-12(6-8-13)10-15-23-17(25-24-15)18(19,20)21/h2-9H,10H2,1H3,(H,22,26). The fourth-order valence-electron chi connectivity index (χ4n) is 2.32. The molecule has 26 heavy (non-hydrogen) atoms. The molecule has 0 unspecified atom stereocenters. The highest BCUT2D eigenvalue weighted by atomic mass is 32.1. The Balaban J connectivity index is 1.66. The highest BCUT2D eigenvalue weighted by Crippen LogP contribution is 2.27. The lowest BCUT2D eigenvalue weighted by Crippen LogP contribution is -2.10. The molecule has 0 amide bonds. The number of nitrogens with one attached hydrogen (secondary N) is 1. The predicted molar refractivity (Wildman–Crippen MR) is 95.0 cm³/mol. The zero-order valence-corrected chi connectivity index (χ0v) is 14.5. The molecule has 0 radical (unpaired) electrons. The Morgan fingerprint density at radius 2 is 1.88 bits per heavy atom. The van der Waals surface area contributed by atoms with Gasteiger partial charge >= 0.3 is 12.1 Å². The molecule has 0 saturated carbocycles. The van der Waals surface area contributed by atoms with E-state index in [1.54, 1.807) is 24.3 Å². The summed E-state index contributed by atoms with van der Waals surface area (Å²) >= 11 is 5.39. The number of nitrogens with zero attached hydrogens (tertiary/aromatic N) is 2. The largest absolute Gasteiger partial charge is 0.471 e. The average molecular weight is 377 g/mol. The Morgan fingerprint density at radius 3 is 2.50 bits per heavy atom. The Hall–Kier alpha value is -2.74. The Morgan fingerprint density at radius 1 is 1.15 bits per heavy atom. The fraction of sp³-hybridized carbons (Fsp3) is 0.167. The van der Waals surface area contributed by atoms with Gasteiger partial charge in [-0.15, -0.1) is 0 Å². The van der Waals surface area contributed by atoms with Crippen molar-refractivity contribution in [3.8, 4) is 0 Å². The van der Waals surface area contributed by atoms with Crippen LogP contribution in [-0.2, 0) is 12.6 Å². The molecule has 0 bridgehead atoms. The van der Waals surface area contributed by atoms with E-state index < -0.39 is 12.1 Å². The van der Waals surface area contributed by atoms with E-state index in [1.165, 1.54) is 0 Å². The normalized spacial score (nSPS) is 11.4. The van der Waals surface area contributed by atoms with Crippen LogP contribution in [0, 0.1) is 6.92 Å². The van der Waals surface area contributed by atoms with E-state index in [9.17, 15) is 13.2 Å². The summed E-state index contributed by atoms with van der Waals surface area (Å²) in [7, 11) is 0. The van der Waals surface area contributed by atoms with Crippen molar-refractivity contribution in [3.63, 3.8) is 0 Å². The van der Waals surface area contributed by atoms with Crippen LogP contribution in [-0.4, -0.2) is 15.1 Å². The van der Waals surface area contributed by atoms with E-state index in [-0.39, 0.29) is 12.2 Å². The number of rotatable bonds is 4. The summed E-state index contributed by atoms with van der Waals surface area (Å²) in [5.41, 5.74) is 3.56. The van der Waals surface area contributed by atoms with Crippen LogP contribution in [0.25, 0.3) is 0 Å². The van der Waals surface area contributed by atoms with Crippen LogP contribution in [0.4, 0.5) is 18.9 Å². The number of hydrogen-bond acceptors (Lipinski definition) is 4. The molecule has 0 aliphatic heterocycles. The molecule has 0 aliphatic rings. The monoisotopic (exact) mass is 377 g/mol. The second-order valence-electron chi connectivity index (χ2n) is 5.71. The van der Waals surface area contributed by atoms with Gasteiger partial charge in [0.25, 0.3) is 0 Å². The summed E-state index contributed by atoms with van der Waals surface area (Å²) in [5, 5.41) is 6.51. The van der Waals surface area contributed by atoms with E-state index in [0.717, 1.165) is 22.4 Å². The summed E-state index contributed by atoms with van der Waals surface area (Å²) in [6.45, 7) is 1.99. The molecular weight excluding hydrogens is 363 g/mol. The van der Waals surface area contributed by atoms with Gasteiger partial charge in [0.1, 0.15) is 4.99 Å². The highest BCUT2D eigenvalue weighted by molar-refractivity contribution is 7.81. The van der Waals surface area contributed by atoms with Crippen LogP contribution in [0.3, 0.4) is 0 Å². The summed E-state index contributed by atoms with van der Waals surface area (Å²) in [6, 6.07) is 15.0. The fourth-order valence-corrected chi connectivity index (χ4v) is 2.58. The van der Waals surface area contributed by atoms with E-state index in [2.05, 4.69) is 20.0 Å². The molecule has 3 rings (SSSR count). The molecule has 134 valence electrons. The second-order valence-corrected chi connectivity index (χ2v) is 6.12. The topological polar surface area (TPSA) is 51.0 Å². The van der Waals surface area contributed by atoms with E-state index in [1.807, 2.05) is 31.2 Å². The molecule has 0 saturated heterocycles. The van der Waals surface area contributed by atoms with Gasteiger partial charge in [-0.1, -0.05) is 53.8 Å². The van der Waals surface area contributed by atoms with Gasteiger partial charge in [0, 0.05) is 17.7 Å². The third-order valence-electron chi connectivity index (χ3n) is 3.56. The number of halogens is 3. The molecule has 2 aromatic carbocycles. The first-order valence-corrected chi connectivity index (χ1v) is 8.09. The minimum atomic E-state index is -4.64. The van der Waals surface area contributed by atoms with Gasteiger partial charge in [0.2, 0.25) is 0 Å². The van der Waals surface area contributed by atoms with Crippen molar-refractivity contribution in [3.05, 3.63) is 76.9 Å². The highest BCUT2D eigenvalue weighted by Gasteiger charge is 2.38. The Bertz CT molecular complexity index is 920. The van der Waals surface area contributed by atoms with Crippen molar-refractivity contribution in [2.24, 2.45) is 0 Å². The van der Waals surface area contributed by atoms with Crippen LogP contribution in [0.15, 0.2) is 53.1 Å². The van der Waals surface area contributed by atoms with Gasteiger partial charge < -0.3 is 9.84 Å². The molecule has 3 aromatic rings. The molecule has 4 nitrogen and oxygen atoms in total. The number of aromatic nitrogens is 2. The summed E-state index contributed by atoms with van der Waals surface area (Å²) in [4.78, 5) is 3.91. The van der Waals surface area contributed by atoms with E-state index in [4.69, 9.17) is 12.2 Å². The summed E-state index contributed by atoms with van der Waals surface area (Å²) in [5.74, 6) is -1.36. The van der Waals surface area contributed by atoms with Crippen LogP contribution < -0.4 is 5.32 Å². The predicted octanol–water partition coefficient (Wildman–Crippen LogP) is 4.78. The Labute approximate surface area is 153 Å². The molecule has 0 fully saturated rings. The minimum Gasteiger partial charge on any atom is -0.346 e. The maximum atomic E-state index is 12.5. The van der Waals surface area contributed by atoms with Gasteiger partial charge in [-0.2, -0.15) is 18.2 Å². The lowest BCUT2D eigenvalue weighted by atomic mass is 10.1. The lowest BCUT2D eigenvalue weighted by molar-refractivity contribution is -0.159. The van der Waals surface area contributed by atoms with Gasteiger partial charge in [0.05, 0.1) is 0 Å². The first-order valence-electron chi connectivity index (χ1n) is 7.68. The van der Waals surface area contributed by atoms with Crippen molar-refractivity contribution < 1.29 is 17.7 Å². The zero-order valence-electron chi connectivity index (χ0n) is 13.7. The molecule has 1 aromatic heterocycles. The van der Waals surface area contributed by atoms with Crippen molar-refractivity contribution >= 4 is 22.9 Å². The van der Waals surface area contributed by atoms with Crippen molar-refractivity contribution in [2.45, 2.75) is 19.5 Å². The number of hydrogen-bond donors (Lipinski definition) is 1. The lowest BCUT2D eigenvalue weighted by Gasteiger charge is -2.09. The molecule has 1 heterocycles. The van der Waals surface area contributed by atoms with Gasteiger partial charge in [-0.3, -0.25) is 0 Å². The molecule has 8 heteroatoms. The van der Waals surface area contributed by atoms with Crippen LogP contribution in [0.5, 0.6) is 0 Å². The van der Waals surface area contributed by atoms with Crippen LogP contribution in [0.2, 0.25) is 0 Å². The summed E-state index contributed by atoms with van der Waals surface area (Å²) < 4.78 is 41.6. The van der Waals surface area contributed by atoms with E-state index >= 15 is 0 Å². The second kappa shape index (κ2) is 7.25. The zero-order chi connectivity index (χ0) is 18.7. The van der Waals surface area contributed by atoms with Gasteiger partial charge in [0.15, 0.2) is 5.82 Å². The third kappa shape index (κ3) is 4.45. The third-order valence-corrected chi connectivity index (χ3v) is 3.90. The van der Waals surface area contributed by atoms with Gasteiger partial charge in [-0.05, 0) is 30.2 Å². The maximum absolute atomic E-state index is 12.5. The van der Waals surface area contributed by atoms with Crippen molar-refractivity contribution in [1.82, 2.24) is 10.1 Å². The SMILES string of the molecule is Cc1cccc(NC(=S)c2ccc(Cc3noc(C(F)(F)F)n3)cc2)c1. The van der Waals surface area contributed by atoms with Crippen LogP contribution in [0.1, 0.15) is 28.4 Å². The maximum Gasteiger partial charge on any atom is 0.471 e. The smallest absolute Gasteiger partial charge is 0.346 e. The number of thiocarbonyl (C=S) groups is 1. The average Bonchev–Trinajstić information content (AvgIpc) is 3.04. The van der Waals surface area contributed by atoms with Crippen LogP contribution >= 0.6 is 12.2 Å². The number of benzene rings is 2. The number of alkyl halides is 3. The first-order chi connectivity index (χ1) is 12.3. The molecular formula is C18H14F3N3OS. The van der Waals surface area contributed by atoms with Gasteiger partial charge in [-0.25, -0.2) is 0 Å². The quantitative estimate of drug-likeness (QED) is 0.664.